The number of fused-ring (bicyclic) bond motifs is 2. The number of phenols is 1. The second kappa shape index (κ2) is 7.20. The molecule has 0 atom stereocenters. The lowest BCUT2D eigenvalue weighted by Crippen LogP contribution is -1.96. The molecule has 0 aliphatic carbocycles. The van der Waals surface area contributed by atoms with E-state index in [9.17, 15) is 5.11 Å². The number of halogens is 1. The summed E-state index contributed by atoms with van der Waals surface area (Å²) in [5.74, 6) is 1.90. The molecule has 5 rings (SSSR count). The highest BCUT2D eigenvalue weighted by molar-refractivity contribution is 6.32. The van der Waals surface area contributed by atoms with Crippen LogP contribution in [0.25, 0.3) is 21.9 Å². The number of aromatic nitrogens is 4. The van der Waals surface area contributed by atoms with Gasteiger partial charge in [0, 0.05) is 24.2 Å². The highest BCUT2D eigenvalue weighted by atomic mass is 35.5. The van der Waals surface area contributed by atoms with Crippen LogP contribution in [0, 0.1) is 0 Å². The predicted octanol–water partition coefficient (Wildman–Crippen LogP) is 5.41. The van der Waals surface area contributed by atoms with Crippen molar-refractivity contribution in [1.82, 2.24) is 19.5 Å². The molecule has 0 saturated heterocycles. The Kier molecular flexibility index (Phi) is 4.37. The van der Waals surface area contributed by atoms with Crippen molar-refractivity contribution >= 4 is 45.0 Å². The molecule has 148 valence electrons. The Morgan fingerprint density at radius 2 is 1.87 bits per heavy atom. The van der Waals surface area contributed by atoms with E-state index in [1.807, 2.05) is 35.9 Å². The van der Waals surface area contributed by atoms with E-state index < -0.39 is 0 Å². The number of aromatic hydroxyl groups is 1. The Balaban J connectivity index is 1.41. The zero-order chi connectivity index (χ0) is 20.7. The van der Waals surface area contributed by atoms with Gasteiger partial charge in [-0.3, -0.25) is 0 Å². The fourth-order valence-corrected chi connectivity index (χ4v) is 3.47. The van der Waals surface area contributed by atoms with E-state index in [1.165, 1.54) is 6.33 Å². The number of hydrogen-bond donors (Lipinski definition) is 2. The molecular weight excluding hydrogens is 402 g/mol. The lowest BCUT2D eigenvalue weighted by atomic mass is 10.2. The van der Waals surface area contributed by atoms with E-state index in [4.69, 9.17) is 16.3 Å². The fraction of sp³-hybridized carbons (Fsp3) is 0.0455. The molecule has 2 heterocycles. The molecule has 5 aromatic rings. The largest absolute Gasteiger partial charge is 0.508 e. The van der Waals surface area contributed by atoms with E-state index in [0.717, 1.165) is 22.2 Å². The highest BCUT2D eigenvalue weighted by Crippen LogP contribution is 2.34. The molecule has 8 heteroatoms. The lowest BCUT2D eigenvalue weighted by Gasteiger charge is -2.12. The van der Waals surface area contributed by atoms with Gasteiger partial charge in [0.05, 0.1) is 27.9 Å². The second-order valence-corrected chi connectivity index (χ2v) is 7.21. The van der Waals surface area contributed by atoms with Crippen LogP contribution in [0.3, 0.4) is 0 Å². The van der Waals surface area contributed by atoms with Crippen molar-refractivity contribution in [2.75, 3.05) is 5.32 Å². The van der Waals surface area contributed by atoms with Crippen molar-refractivity contribution in [2.24, 2.45) is 7.05 Å². The van der Waals surface area contributed by atoms with Gasteiger partial charge in [-0.2, -0.15) is 0 Å². The average Bonchev–Trinajstić information content (AvgIpc) is 3.11. The van der Waals surface area contributed by atoms with Crippen molar-refractivity contribution in [1.29, 1.82) is 0 Å². The molecule has 2 N–H and O–H groups in total. The maximum absolute atomic E-state index is 9.78. The molecule has 3 aromatic carbocycles. The number of phenolic OH excluding ortho intramolecular Hbond substituents is 1. The summed E-state index contributed by atoms with van der Waals surface area (Å²) < 4.78 is 7.90. The first-order valence-electron chi connectivity index (χ1n) is 9.16. The Bertz CT molecular complexity index is 1400. The van der Waals surface area contributed by atoms with Crippen LogP contribution in [-0.4, -0.2) is 24.6 Å². The van der Waals surface area contributed by atoms with Crippen molar-refractivity contribution in [3.05, 3.63) is 72.3 Å². The number of hydrogen-bond acceptors (Lipinski definition) is 6. The van der Waals surface area contributed by atoms with Crippen LogP contribution in [-0.2, 0) is 7.05 Å². The molecule has 0 saturated carbocycles. The molecule has 2 aromatic heterocycles. The Labute approximate surface area is 176 Å². The Morgan fingerprint density at radius 1 is 0.967 bits per heavy atom. The number of ether oxygens (including phenoxy) is 1. The molecule has 0 spiro atoms. The summed E-state index contributed by atoms with van der Waals surface area (Å²) in [7, 11) is 1.95. The van der Waals surface area contributed by atoms with Gasteiger partial charge in [-0.15, -0.1) is 0 Å². The minimum absolute atomic E-state index is 0.145. The summed E-state index contributed by atoms with van der Waals surface area (Å²) in [6.07, 6.45) is 3.23. The van der Waals surface area contributed by atoms with Crippen molar-refractivity contribution in [3.63, 3.8) is 0 Å². The second-order valence-electron chi connectivity index (χ2n) is 6.80. The van der Waals surface area contributed by atoms with Crippen molar-refractivity contribution in [3.8, 4) is 17.2 Å². The van der Waals surface area contributed by atoms with Crippen molar-refractivity contribution in [2.45, 2.75) is 0 Å². The minimum Gasteiger partial charge on any atom is -0.508 e. The smallest absolute Gasteiger partial charge is 0.146 e. The first-order chi connectivity index (χ1) is 14.6. The molecular formula is C22H16ClN5O2. The van der Waals surface area contributed by atoms with Gasteiger partial charge in [0.25, 0.3) is 0 Å². The minimum atomic E-state index is 0.145. The van der Waals surface area contributed by atoms with Crippen LogP contribution in [0.1, 0.15) is 0 Å². The van der Waals surface area contributed by atoms with Crippen LogP contribution in [0.15, 0.2) is 67.3 Å². The number of nitrogens with one attached hydrogen (secondary N) is 1. The monoisotopic (exact) mass is 417 g/mol. The molecule has 7 nitrogen and oxygen atoms in total. The molecule has 30 heavy (non-hydrogen) atoms. The maximum atomic E-state index is 9.78. The van der Waals surface area contributed by atoms with Crippen LogP contribution in [0.2, 0.25) is 5.02 Å². The third-order valence-corrected chi connectivity index (χ3v) is 5.03. The van der Waals surface area contributed by atoms with Gasteiger partial charge in [0.15, 0.2) is 0 Å². The topological polar surface area (TPSA) is 85.1 Å². The zero-order valence-corrected chi connectivity index (χ0v) is 16.6. The normalized spacial score (nSPS) is 11.1. The summed E-state index contributed by atoms with van der Waals surface area (Å²) in [6.45, 7) is 0. The number of aryl methyl sites for hydroxylation is 1. The van der Waals surface area contributed by atoms with Gasteiger partial charge in [0.2, 0.25) is 0 Å². The van der Waals surface area contributed by atoms with Crippen LogP contribution in [0.4, 0.5) is 11.5 Å². The van der Waals surface area contributed by atoms with Gasteiger partial charge in [-0.25, -0.2) is 15.0 Å². The van der Waals surface area contributed by atoms with E-state index in [-0.39, 0.29) is 5.75 Å². The third-order valence-electron chi connectivity index (χ3n) is 4.74. The molecule has 0 aliphatic heterocycles. The predicted molar refractivity (Wildman–Crippen MR) is 117 cm³/mol. The van der Waals surface area contributed by atoms with Crippen LogP contribution in [0.5, 0.6) is 17.2 Å². The first kappa shape index (κ1) is 18.2. The fourth-order valence-electron chi connectivity index (χ4n) is 3.25. The lowest BCUT2D eigenvalue weighted by molar-refractivity contribution is 0.476. The first-order valence-corrected chi connectivity index (χ1v) is 9.54. The molecule has 0 fully saturated rings. The zero-order valence-electron chi connectivity index (χ0n) is 15.9. The van der Waals surface area contributed by atoms with Gasteiger partial charge in [-0.1, -0.05) is 11.6 Å². The van der Waals surface area contributed by atoms with E-state index >= 15 is 0 Å². The van der Waals surface area contributed by atoms with Crippen LogP contribution >= 0.6 is 11.6 Å². The van der Waals surface area contributed by atoms with E-state index in [0.29, 0.717) is 27.7 Å². The number of rotatable bonds is 4. The third kappa shape index (κ3) is 3.35. The standard InChI is InChI=1S/C22H16ClN5O2/c1-28-12-26-19-10-15(4-6-20(19)28)30-21-7-2-13(8-17(21)23)27-22-16-9-14(29)3-5-18(16)24-11-25-22/h2-12,29H,1H3,(H,24,25,27). The summed E-state index contributed by atoms with van der Waals surface area (Å²) in [6, 6.07) is 16.0. The quantitative estimate of drug-likeness (QED) is 0.406. The van der Waals surface area contributed by atoms with Gasteiger partial charge >= 0.3 is 0 Å². The molecule has 0 radical (unpaired) electrons. The molecule has 0 aliphatic rings. The SMILES string of the molecule is Cn1cnc2cc(Oc3ccc(Nc4ncnc5ccc(O)cc45)cc3Cl)ccc21. The number of anilines is 2. The number of imidazole rings is 1. The maximum Gasteiger partial charge on any atom is 0.146 e. The van der Waals surface area contributed by atoms with E-state index in [1.54, 1.807) is 36.7 Å². The summed E-state index contributed by atoms with van der Waals surface area (Å²) in [5, 5.41) is 14.2. The van der Waals surface area contributed by atoms with Gasteiger partial charge in [-0.05, 0) is 48.5 Å². The summed E-state index contributed by atoms with van der Waals surface area (Å²) >= 11 is 6.45. The number of nitrogens with zero attached hydrogens (tertiary/aromatic N) is 4. The van der Waals surface area contributed by atoms with E-state index in [2.05, 4.69) is 20.3 Å². The Morgan fingerprint density at radius 3 is 2.73 bits per heavy atom. The van der Waals surface area contributed by atoms with Gasteiger partial charge in [0.1, 0.15) is 29.4 Å². The Hall–Kier alpha value is -3.84. The molecule has 0 unspecified atom stereocenters. The summed E-state index contributed by atoms with van der Waals surface area (Å²) in [5.41, 5.74) is 3.33. The van der Waals surface area contributed by atoms with Crippen molar-refractivity contribution < 1.29 is 9.84 Å². The average molecular weight is 418 g/mol. The summed E-state index contributed by atoms with van der Waals surface area (Å²) in [4.78, 5) is 12.8. The van der Waals surface area contributed by atoms with Crippen LogP contribution < -0.4 is 10.1 Å². The molecule has 0 bridgehead atoms. The molecule has 0 amide bonds. The van der Waals surface area contributed by atoms with Gasteiger partial charge < -0.3 is 19.7 Å². The highest BCUT2D eigenvalue weighted by Gasteiger charge is 2.09. The number of benzene rings is 3.